The summed E-state index contributed by atoms with van der Waals surface area (Å²) in [4.78, 5) is 16.9. The highest BCUT2D eigenvalue weighted by molar-refractivity contribution is 6.20. The van der Waals surface area contributed by atoms with Crippen LogP contribution in [0.1, 0.15) is 53.9 Å². The smallest absolute Gasteiger partial charge is 0.195 e. The van der Waals surface area contributed by atoms with E-state index >= 15 is 0 Å². The van der Waals surface area contributed by atoms with E-state index in [-0.39, 0.29) is 17.3 Å². The molecule has 2 heterocycles. The van der Waals surface area contributed by atoms with Crippen molar-refractivity contribution in [1.29, 1.82) is 0 Å². The van der Waals surface area contributed by atoms with Crippen LogP contribution in [0.3, 0.4) is 0 Å². The number of aromatic amines is 1. The lowest BCUT2D eigenvalue weighted by atomic mass is 9.71. The first-order valence-corrected chi connectivity index (χ1v) is 9.93. The first-order chi connectivity index (χ1) is 13.4. The van der Waals surface area contributed by atoms with E-state index in [1.54, 1.807) is 0 Å². The van der Waals surface area contributed by atoms with E-state index in [1.807, 2.05) is 30.3 Å². The van der Waals surface area contributed by atoms with Crippen LogP contribution in [0.4, 0.5) is 5.69 Å². The highest BCUT2D eigenvalue weighted by atomic mass is 16.5. The second-order valence-electron chi connectivity index (χ2n) is 8.41. The fourth-order valence-corrected chi connectivity index (χ4v) is 4.60. The van der Waals surface area contributed by atoms with Crippen molar-refractivity contribution in [2.75, 3.05) is 18.8 Å². The minimum atomic E-state index is -0.333. The third-order valence-electron chi connectivity index (χ3n) is 6.17. The summed E-state index contributed by atoms with van der Waals surface area (Å²) in [5.41, 5.74) is 10.7. The third-order valence-corrected chi connectivity index (χ3v) is 6.17. The molecule has 5 nitrogen and oxygen atoms in total. The Morgan fingerprint density at radius 3 is 2.68 bits per heavy atom. The van der Waals surface area contributed by atoms with Crippen molar-refractivity contribution in [1.82, 2.24) is 10.3 Å². The molecule has 5 rings (SSSR count). The standard InChI is InChI=1S/C23H25N3O2/c1-23(2)18-12-15(28-14-7-9-25-10-8-14)4-5-16(18)21(27)20-17-11-13(24)3-6-19(17)26-22(20)23/h3-6,11-12,14,25-26H,7-10,24H2,1-2H3. The summed E-state index contributed by atoms with van der Waals surface area (Å²) in [5, 5.41) is 4.26. The highest BCUT2D eigenvalue weighted by Gasteiger charge is 2.40. The van der Waals surface area contributed by atoms with Gasteiger partial charge in [0.05, 0.1) is 5.56 Å². The van der Waals surface area contributed by atoms with Gasteiger partial charge in [0, 0.05) is 33.3 Å². The molecule has 1 aromatic heterocycles. The topological polar surface area (TPSA) is 80.1 Å². The summed E-state index contributed by atoms with van der Waals surface area (Å²) in [6, 6.07) is 11.6. The van der Waals surface area contributed by atoms with Crippen molar-refractivity contribution in [3.05, 3.63) is 58.8 Å². The number of H-pyrrole nitrogens is 1. The number of nitrogens with two attached hydrogens (primary N) is 1. The monoisotopic (exact) mass is 375 g/mol. The number of ether oxygens (including phenoxy) is 1. The van der Waals surface area contributed by atoms with Gasteiger partial charge in [-0.2, -0.15) is 0 Å². The molecule has 5 heteroatoms. The van der Waals surface area contributed by atoms with Crippen LogP contribution in [0.2, 0.25) is 0 Å². The molecule has 0 unspecified atom stereocenters. The fraction of sp³-hybridized carbons (Fsp3) is 0.348. The van der Waals surface area contributed by atoms with E-state index in [4.69, 9.17) is 10.5 Å². The first-order valence-electron chi connectivity index (χ1n) is 9.93. The zero-order valence-electron chi connectivity index (χ0n) is 16.3. The molecule has 1 aliphatic heterocycles. The van der Waals surface area contributed by atoms with Crippen molar-refractivity contribution in [3.8, 4) is 5.75 Å². The maximum Gasteiger partial charge on any atom is 0.195 e. The average molecular weight is 375 g/mol. The molecule has 0 radical (unpaired) electrons. The average Bonchev–Trinajstić information content (AvgIpc) is 3.07. The predicted octanol–water partition coefficient (Wildman–Crippen LogP) is 3.75. The molecular weight excluding hydrogens is 350 g/mol. The molecule has 0 spiro atoms. The van der Waals surface area contributed by atoms with E-state index in [0.29, 0.717) is 5.69 Å². The number of nitrogen functional groups attached to an aromatic ring is 1. The van der Waals surface area contributed by atoms with Crippen LogP contribution in [-0.4, -0.2) is 30.0 Å². The number of benzene rings is 2. The summed E-state index contributed by atoms with van der Waals surface area (Å²) < 4.78 is 6.23. The SMILES string of the molecule is CC1(C)c2cc(OC3CCNCC3)ccc2C(=O)c2c1[nH]c1ccc(N)cc21. The second-order valence-corrected chi connectivity index (χ2v) is 8.41. The van der Waals surface area contributed by atoms with Gasteiger partial charge < -0.3 is 20.8 Å². The first kappa shape index (κ1) is 17.3. The summed E-state index contributed by atoms with van der Waals surface area (Å²) in [7, 11) is 0. The molecule has 28 heavy (non-hydrogen) atoms. The Bertz CT molecular complexity index is 1090. The van der Waals surface area contributed by atoms with Crippen molar-refractivity contribution in [2.24, 2.45) is 0 Å². The number of rotatable bonds is 2. The van der Waals surface area contributed by atoms with Crippen LogP contribution in [-0.2, 0) is 5.41 Å². The van der Waals surface area contributed by atoms with E-state index in [9.17, 15) is 4.79 Å². The number of carbonyl (C=O) groups excluding carboxylic acids is 1. The number of nitrogens with one attached hydrogen (secondary N) is 2. The summed E-state index contributed by atoms with van der Waals surface area (Å²) >= 11 is 0. The molecule has 0 bridgehead atoms. The van der Waals surface area contributed by atoms with Crippen LogP contribution in [0, 0.1) is 0 Å². The Labute approximate surface area is 164 Å². The van der Waals surface area contributed by atoms with Crippen LogP contribution in [0.15, 0.2) is 36.4 Å². The maximum absolute atomic E-state index is 13.4. The Morgan fingerprint density at radius 2 is 1.89 bits per heavy atom. The summed E-state index contributed by atoms with van der Waals surface area (Å²) in [6.07, 6.45) is 2.24. The fourth-order valence-electron chi connectivity index (χ4n) is 4.60. The molecule has 0 amide bonds. The Morgan fingerprint density at radius 1 is 1.11 bits per heavy atom. The highest BCUT2D eigenvalue weighted by Crippen LogP contribution is 2.45. The lowest BCUT2D eigenvalue weighted by Gasteiger charge is -2.33. The molecule has 2 aliphatic rings. The van der Waals surface area contributed by atoms with Gasteiger partial charge >= 0.3 is 0 Å². The van der Waals surface area contributed by atoms with E-state index in [0.717, 1.165) is 65.0 Å². The van der Waals surface area contributed by atoms with Gasteiger partial charge in [-0.05, 0) is 67.9 Å². The summed E-state index contributed by atoms with van der Waals surface area (Å²) in [5.74, 6) is 0.893. The van der Waals surface area contributed by atoms with Gasteiger partial charge in [0.25, 0.3) is 0 Å². The van der Waals surface area contributed by atoms with Crippen LogP contribution in [0.25, 0.3) is 10.9 Å². The number of aromatic nitrogens is 1. The number of fused-ring (bicyclic) bond motifs is 4. The van der Waals surface area contributed by atoms with Crippen molar-refractivity contribution < 1.29 is 9.53 Å². The molecule has 1 aliphatic carbocycles. The third kappa shape index (κ3) is 2.53. The number of hydrogen-bond acceptors (Lipinski definition) is 4. The number of carbonyl (C=O) groups is 1. The Balaban J connectivity index is 1.61. The van der Waals surface area contributed by atoms with Crippen LogP contribution >= 0.6 is 0 Å². The quantitative estimate of drug-likeness (QED) is 0.596. The Hall–Kier alpha value is -2.79. The van der Waals surface area contributed by atoms with E-state index in [1.165, 1.54) is 0 Å². The molecule has 3 aromatic rings. The van der Waals surface area contributed by atoms with Crippen molar-refractivity contribution >= 4 is 22.4 Å². The zero-order valence-corrected chi connectivity index (χ0v) is 16.3. The van der Waals surface area contributed by atoms with Crippen molar-refractivity contribution in [2.45, 2.75) is 38.2 Å². The maximum atomic E-state index is 13.4. The van der Waals surface area contributed by atoms with Gasteiger partial charge in [0.2, 0.25) is 0 Å². The van der Waals surface area contributed by atoms with Crippen molar-refractivity contribution in [3.63, 3.8) is 0 Å². The number of ketones is 1. The molecule has 1 fully saturated rings. The van der Waals surface area contributed by atoms with E-state index < -0.39 is 0 Å². The minimum Gasteiger partial charge on any atom is -0.490 e. The van der Waals surface area contributed by atoms with Crippen LogP contribution < -0.4 is 15.8 Å². The number of hydrogen-bond donors (Lipinski definition) is 3. The van der Waals surface area contributed by atoms with Gasteiger partial charge in [-0.15, -0.1) is 0 Å². The number of anilines is 1. The minimum absolute atomic E-state index is 0.0505. The molecule has 4 N–H and O–H groups in total. The molecule has 0 atom stereocenters. The lowest BCUT2D eigenvalue weighted by Crippen LogP contribution is -2.34. The van der Waals surface area contributed by atoms with Gasteiger partial charge in [0.15, 0.2) is 5.78 Å². The van der Waals surface area contributed by atoms with Gasteiger partial charge in [-0.25, -0.2) is 0 Å². The van der Waals surface area contributed by atoms with Gasteiger partial charge in [-0.1, -0.05) is 13.8 Å². The number of piperidine rings is 1. The largest absolute Gasteiger partial charge is 0.490 e. The molecule has 1 saturated heterocycles. The van der Waals surface area contributed by atoms with Gasteiger partial charge in [0.1, 0.15) is 11.9 Å². The second kappa shape index (κ2) is 6.11. The lowest BCUT2D eigenvalue weighted by molar-refractivity contribution is 0.103. The molecule has 144 valence electrons. The molecule has 2 aromatic carbocycles. The normalized spacial score (nSPS) is 18.7. The Kier molecular flexibility index (Phi) is 3.78. The summed E-state index contributed by atoms with van der Waals surface area (Å²) in [6.45, 7) is 6.29. The van der Waals surface area contributed by atoms with Crippen LogP contribution in [0.5, 0.6) is 5.75 Å². The van der Waals surface area contributed by atoms with E-state index in [2.05, 4.69) is 30.2 Å². The van der Waals surface area contributed by atoms with Gasteiger partial charge in [-0.3, -0.25) is 4.79 Å². The molecule has 0 saturated carbocycles. The predicted molar refractivity (Wildman–Crippen MR) is 111 cm³/mol. The molecular formula is C23H25N3O2. The zero-order chi connectivity index (χ0) is 19.5.